The van der Waals surface area contributed by atoms with Crippen molar-refractivity contribution < 1.29 is 14.3 Å². The van der Waals surface area contributed by atoms with E-state index in [0.717, 1.165) is 11.1 Å². The van der Waals surface area contributed by atoms with Gasteiger partial charge in [-0.3, -0.25) is 4.79 Å². The third-order valence-corrected chi connectivity index (χ3v) is 4.10. The number of fused-ring (bicyclic) bond motifs is 1. The van der Waals surface area contributed by atoms with Crippen molar-refractivity contribution in [1.82, 2.24) is 10.3 Å². The van der Waals surface area contributed by atoms with Crippen molar-refractivity contribution in [3.63, 3.8) is 0 Å². The molecule has 1 aliphatic rings. The topological polar surface area (TPSA) is 60.5 Å². The number of rotatable bonds is 4. The number of nitrogens with zero attached hydrogens (tertiary/aromatic N) is 1. The molecule has 0 fully saturated rings. The second-order valence-corrected chi connectivity index (χ2v) is 5.91. The lowest BCUT2D eigenvalue weighted by Gasteiger charge is -2.27. The normalized spacial score (nSPS) is 15.8. The van der Waals surface area contributed by atoms with Crippen molar-refractivity contribution in [2.75, 3.05) is 6.61 Å². The summed E-state index contributed by atoms with van der Waals surface area (Å²) in [7, 11) is 0. The zero-order valence-corrected chi connectivity index (χ0v) is 14.0. The summed E-state index contributed by atoms with van der Waals surface area (Å²) in [6.45, 7) is 5.70. The SMILES string of the molecule is C=CC(=O)NC1COc2c(cccc2Oc2cnc(Cl)c(C)c2)C1. The molecule has 1 unspecified atom stereocenters. The lowest BCUT2D eigenvalue weighted by atomic mass is 10.0. The second kappa shape index (κ2) is 6.93. The number of halogens is 1. The summed E-state index contributed by atoms with van der Waals surface area (Å²) in [4.78, 5) is 15.5. The maximum atomic E-state index is 11.4. The highest BCUT2D eigenvalue weighted by atomic mass is 35.5. The predicted molar refractivity (Wildman–Crippen MR) is 91.8 cm³/mol. The lowest BCUT2D eigenvalue weighted by Crippen LogP contribution is -2.42. The molecule has 1 atom stereocenters. The van der Waals surface area contributed by atoms with Crippen LogP contribution in [0, 0.1) is 6.92 Å². The van der Waals surface area contributed by atoms with E-state index < -0.39 is 0 Å². The molecule has 0 saturated carbocycles. The average Bonchev–Trinajstić information content (AvgIpc) is 2.58. The largest absolute Gasteiger partial charge is 0.487 e. The van der Waals surface area contributed by atoms with Crippen LogP contribution in [0.25, 0.3) is 0 Å². The number of aryl methyl sites for hydroxylation is 1. The molecule has 0 radical (unpaired) electrons. The molecule has 1 aliphatic heterocycles. The zero-order valence-electron chi connectivity index (χ0n) is 13.2. The van der Waals surface area contributed by atoms with Gasteiger partial charge in [0.05, 0.1) is 12.2 Å². The summed E-state index contributed by atoms with van der Waals surface area (Å²) < 4.78 is 11.7. The minimum atomic E-state index is -0.206. The van der Waals surface area contributed by atoms with Crippen molar-refractivity contribution >= 4 is 17.5 Å². The monoisotopic (exact) mass is 344 g/mol. The highest BCUT2D eigenvalue weighted by molar-refractivity contribution is 6.30. The minimum Gasteiger partial charge on any atom is -0.487 e. The fourth-order valence-corrected chi connectivity index (χ4v) is 2.65. The quantitative estimate of drug-likeness (QED) is 0.681. The Hall–Kier alpha value is -2.53. The number of ether oxygens (including phenoxy) is 2. The first-order valence-corrected chi connectivity index (χ1v) is 7.92. The van der Waals surface area contributed by atoms with Crippen molar-refractivity contribution in [2.24, 2.45) is 0 Å². The van der Waals surface area contributed by atoms with E-state index in [-0.39, 0.29) is 11.9 Å². The van der Waals surface area contributed by atoms with E-state index in [0.29, 0.717) is 35.4 Å². The fraction of sp³-hybridized carbons (Fsp3) is 0.222. The van der Waals surface area contributed by atoms with Crippen molar-refractivity contribution in [1.29, 1.82) is 0 Å². The highest BCUT2D eigenvalue weighted by Gasteiger charge is 2.23. The van der Waals surface area contributed by atoms with E-state index in [1.54, 1.807) is 6.20 Å². The first-order valence-electron chi connectivity index (χ1n) is 7.54. The Bertz CT molecular complexity index is 792. The van der Waals surface area contributed by atoms with Crippen LogP contribution in [-0.4, -0.2) is 23.5 Å². The Morgan fingerprint density at radius 2 is 2.38 bits per heavy atom. The van der Waals surface area contributed by atoms with Gasteiger partial charge in [-0.1, -0.05) is 30.3 Å². The summed E-state index contributed by atoms with van der Waals surface area (Å²) in [6.07, 6.45) is 3.50. The van der Waals surface area contributed by atoms with E-state index >= 15 is 0 Å². The van der Waals surface area contributed by atoms with Crippen LogP contribution < -0.4 is 14.8 Å². The molecule has 2 heterocycles. The van der Waals surface area contributed by atoms with Crippen LogP contribution >= 0.6 is 11.6 Å². The molecule has 0 bridgehead atoms. The molecule has 2 aromatic rings. The number of hydrogen-bond acceptors (Lipinski definition) is 4. The highest BCUT2D eigenvalue weighted by Crippen LogP contribution is 2.37. The van der Waals surface area contributed by atoms with Gasteiger partial charge >= 0.3 is 0 Å². The molecule has 0 saturated heterocycles. The molecule has 124 valence electrons. The van der Waals surface area contributed by atoms with E-state index in [4.69, 9.17) is 21.1 Å². The Labute approximate surface area is 145 Å². The van der Waals surface area contributed by atoms with Crippen LogP contribution in [0.5, 0.6) is 17.2 Å². The summed E-state index contributed by atoms with van der Waals surface area (Å²) in [5.74, 6) is 1.69. The van der Waals surface area contributed by atoms with Gasteiger partial charge in [0.25, 0.3) is 0 Å². The van der Waals surface area contributed by atoms with Crippen LogP contribution in [0.3, 0.4) is 0 Å². The van der Waals surface area contributed by atoms with E-state index in [1.807, 2.05) is 31.2 Å². The summed E-state index contributed by atoms with van der Waals surface area (Å²) in [5, 5.41) is 3.30. The van der Waals surface area contributed by atoms with Gasteiger partial charge in [0.1, 0.15) is 17.5 Å². The van der Waals surface area contributed by atoms with Gasteiger partial charge in [0.15, 0.2) is 11.5 Å². The van der Waals surface area contributed by atoms with Crippen LogP contribution in [0.4, 0.5) is 0 Å². The molecule has 1 amide bonds. The van der Waals surface area contributed by atoms with Crippen LogP contribution in [0.2, 0.25) is 5.15 Å². The van der Waals surface area contributed by atoms with Gasteiger partial charge in [-0.05, 0) is 37.1 Å². The lowest BCUT2D eigenvalue weighted by molar-refractivity contribution is -0.117. The van der Waals surface area contributed by atoms with Gasteiger partial charge in [0, 0.05) is 5.56 Å². The summed E-state index contributed by atoms with van der Waals surface area (Å²) in [6, 6.07) is 7.43. The van der Waals surface area contributed by atoms with Crippen LogP contribution in [0.15, 0.2) is 43.1 Å². The summed E-state index contributed by atoms with van der Waals surface area (Å²) in [5.41, 5.74) is 1.82. The van der Waals surface area contributed by atoms with E-state index in [9.17, 15) is 4.79 Å². The van der Waals surface area contributed by atoms with Crippen LogP contribution in [-0.2, 0) is 11.2 Å². The first-order chi connectivity index (χ1) is 11.6. The molecule has 6 heteroatoms. The Balaban J connectivity index is 1.80. The number of aromatic nitrogens is 1. The Morgan fingerprint density at radius 3 is 3.12 bits per heavy atom. The number of amides is 1. The smallest absolute Gasteiger partial charge is 0.243 e. The molecular formula is C18H17ClN2O3. The van der Waals surface area contributed by atoms with Gasteiger partial charge in [-0.2, -0.15) is 0 Å². The van der Waals surface area contributed by atoms with Gasteiger partial charge < -0.3 is 14.8 Å². The molecule has 5 nitrogen and oxygen atoms in total. The predicted octanol–water partition coefficient (Wildman–Crippen LogP) is 3.44. The Kier molecular flexibility index (Phi) is 4.71. The number of nitrogens with one attached hydrogen (secondary N) is 1. The second-order valence-electron chi connectivity index (χ2n) is 5.55. The molecule has 0 aliphatic carbocycles. The van der Waals surface area contributed by atoms with Gasteiger partial charge in [-0.25, -0.2) is 4.98 Å². The third-order valence-electron chi connectivity index (χ3n) is 3.70. The molecule has 1 aromatic heterocycles. The maximum absolute atomic E-state index is 11.4. The molecule has 24 heavy (non-hydrogen) atoms. The standard InChI is InChI=1S/C18H17ClN2O3/c1-3-16(22)21-13-8-12-5-4-6-15(17(12)23-10-13)24-14-7-11(2)18(19)20-9-14/h3-7,9,13H,1,8,10H2,2H3,(H,21,22). The van der Waals surface area contributed by atoms with Crippen molar-refractivity contribution in [2.45, 2.75) is 19.4 Å². The van der Waals surface area contributed by atoms with Gasteiger partial charge in [0.2, 0.25) is 5.91 Å². The number of carbonyl (C=O) groups excluding carboxylic acids is 1. The number of pyridine rings is 1. The third kappa shape index (κ3) is 3.51. The molecule has 1 N–H and O–H groups in total. The number of hydrogen-bond donors (Lipinski definition) is 1. The van der Waals surface area contributed by atoms with Gasteiger partial charge in [-0.15, -0.1) is 0 Å². The number of benzene rings is 1. The fourth-order valence-electron chi connectivity index (χ4n) is 2.54. The van der Waals surface area contributed by atoms with Crippen LogP contribution in [0.1, 0.15) is 11.1 Å². The van der Waals surface area contributed by atoms with E-state index in [2.05, 4.69) is 16.9 Å². The molecule has 1 aromatic carbocycles. The average molecular weight is 345 g/mol. The first kappa shape index (κ1) is 16.3. The van der Waals surface area contributed by atoms with Crippen molar-refractivity contribution in [3.8, 4) is 17.2 Å². The number of carbonyl (C=O) groups is 1. The molecule has 3 rings (SSSR count). The number of para-hydroxylation sites is 1. The Morgan fingerprint density at radius 1 is 1.54 bits per heavy atom. The maximum Gasteiger partial charge on any atom is 0.243 e. The van der Waals surface area contributed by atoms with E-state index in [1.165, 1.54) is 6.08 Å². The summed E-state index contributed by atoms with van der Waals surface area (Å²) >= 11 is 5.94. The molecular weight excluding hydrogens is 328 g/mol. The minimum absolute atomic E-state index is 0.0855. The molecule has 0 spiro atoms. The zero-order chi connectivity index (χ0) is 17.1. The van der Waals surface area contributed by atoms with Crippen molar-refractivity contribution in [3.05, 3.63) is 59.4 Å².